The number of anilines is 2. The van der Waals surface area contributed by atoms with Crippen LogP contribution in [-0.4, -0.2) is 40.0 Å². The van der Waals surface area contributed by atoms with E-state index in [4.69, 9.17) is 16.6 Å². The van der Waals surface area contributed by atoms with E-state index < -0.39 is 41.1 Å². The lowest BCUT2D eigenvalue weighted by Crippen LogP contribution is -2.50. The number of nitrogens with zero attached hydrogens (tertiary/aromatic N) is 1. The van der Waals surface area contributed by atoms with E-state index in [2.05, 4.69) is 16.0 Å². The first kappa shape index (κ1) is 27.7. The number of carbonyl (C=O) groups is 3. The number of fused-ring (bicyclic) bond motifs is 2. The smallest absolute Gasteiger partial charge is 0.335 e. The fourth-order valence-corrected chi connectivity index (χ4v) is 6.21. The predicted molar refractivity (Wildman–Crippen MR) is 150 cm³/mol. The number of aromatic nitrogens is 1. The van der Waals surface area contributed by atoms with Gasteiger partial charge in [-0.1, -0.05) is 44.5 Å². The summed E-state index contributed by atoms with van der Waals surface area (Å²) in [6.07, 6.45) is 2.14. The van der Waals surface area contributed by atoms with E-state index in [1.807, 2.05) is 33.8 Å². The number of carboxylic acid groups (broad SMARTS) is 1. The molecule has 2 aromatic carbocycles. The van der Waals surface area contributed by atoms with Gasteiger partial charge in [-0.05, 0) is 66.3 Å². The molecule has 0 saturated carbocycles. The Kier molecular flexibility index (Phi) is 6.92. The maximum atomic E-state index is 15.8. The first-order chi connectivity index (χ1) is 18.8. The standard InChI is InChI=1S/C30H30ClFN4O4/c1-15-12-20-25(33-14-15)30(28(40)35-20)21(13-29(2,3)4)36-24(22(30)18-6-5-7-19(31)23(18)32)26(37)34-17-10-8-16(9-11-17)27(38)39/h5-12,14,21-22,24,36H,13H2,1-4H3,(H,34,37)(H,35,40)(H,38,39)/t21-,22-,24+,30+/m0/s1. The second-order valence-corrected chi connectivity index (χ2v) is 12.1. The Labute approximate surface area is 236 Å². The van der Waals surface area contributed by atoms with E-state index in [-0.39, 0.29) is 27.5 Å². The Morgan fingerprint density at radius 2 is 1.88 bits per heavy atom. The van der Waals surface area contributed by atoms with Crippen LogP contribution in [0.25, 0.3) is 0 Å². The molecule has 3 aromatic rings. The van der Waals surface area contributed by atoms with Gasteiger partial charge in [0, 0.05) is 23.8 Å². The van der Waals surface area contributed by atoms with Crippen molar-refractivity contribution in [3.8, 4) is 0 Å². The molecule has 1 aromatic heterocycles. The second kappa shape index (κ2) is 9.98. The van der Waals surface area contributed by atoms with E-state index in [1.54, 1.807) is 18.3 Å². The summed E-state index contributed by atoms with van der Waals surface area (Å²) in [5, 5.41) is 18.3. The summed E-state index contributed by atoms with van der Waals surface area (Å²) >= 11 is 6.22. The van der Waals surface area contributed by atoms with Crippen molar-refractivity contribution < 1.29 is 23.9 Å². The number of carboxylic acids is 1. The molecule has 3 heterocycles. The second-order valence-electron chi connectivity index (χ2n) is 11.7. The number of hydrogen-bond acceptors (Lipinski definition) is 5. The van der Waals surface area contributed by atoms with Gasteiger partial charge >= 0.3 is 5.97 Å². The van der Waals surface area contributed by atoms with Gasteiger partial charge in [0.1, 0.15) is 11.2 Å². The van der Waals surface area contributed by atoms with Crippen molar-refractivity contribution in [3.63, 3.8) is 0 Å². The van der Waals surface area contributed by atoms with Gasteiger partial charge in [-0.3, -0.25) is 14.6 Å². The monoisotopic (exact) mass is 564 g/mol. The van der Waals surface area contributed by atoms with Crippen molar-refractivity contribution in [1.82, 2.24) is 10.3 Å². The molecule has 5 rings (SSSR count). The van der Waals surface area contributed by atoms with Gasteiger partial charge in [-0.2, -0.15) is 0 Å². The third-order valence-corrected chi connectivity index (χ3v) is 7.90. The minimum Gasteiger partial charge on any atom is -0.478 e. The van der Waals surface area contributed by atoms with Crippen LogP contribution in [-0.2, 0) is 15.0 Å². The number of hydrogen-bond donors (Lipinski definition) is 4. The molecule has 8 nitrogen and oxygen atoms in total. The molecule has 0 radical (unpaired) electrons. The van der Waals surface area contributed by atoms with Crippen molar-refractivity contribution >= 4 is 40.8 Å². The summed E-state index contributed by atoms with van der Waals surface area (Å²) in [6.45, 7) is 7.96. The van der Waals surface area contributed by atoms with E-state index in [1.165, 1.54) is 30.3 Å². The number of rotatable bonds is 5. The van der Waals surface area contributed by atoms with E-state index >= 15 is 4.39 Å². The number of aryl methyl sites for hydroxylation is 1. The van der Waals surface area contributed by atoms with Crippen molar-refractivity contribution in [2.75, 3.05) is 10.6 Å². The largest absolute Gasteiger partial charge is 0.478 e. The molecule has 4 atom stereocenters. The molecule has 4 N–H and O–H groups in total. The zero-order valence-corrected chi connectivity index (χ0v) is 23.3. The fraction of sp³-hybridized carbons (Fsp3) is 0.333. The fourth-order valence-electron chi connectivity index (χ4n) is 6.02. The highest BCUT2D eigenvalue weighted by Gasteiger charge is 2.67. The van der Waals surface area contributed by atoms with Gasteiger partial charge in [0.25, 0.3) is 0 Å². The van der Waals surface area contributed by atoms with Gasteiger partial charge in [-0.25, -0.2) is 9.18 Å². The molecule has 2 aliphatic rings. The predicted octanol–water partition coefficient (Wildman–Crippen LogP) is 5.27. The van der Waals surface area contributed by atoms with Crippen LogP contribution in [0.4, 0.5) is 15.8 Å². The Balaban J connectivity index is 1.69. The zero-order chi connectivity index (χ0) is 29.0. The van der Waals surface area contributed by atoms with Gasteiger partial charge in [-0.15, -0.1) is 0 Å². The molecule has 10 heteroatoms. The number of amides is 2. The maximum Gasteiger partial charge on any atom is 0.335 e. The number of halogens is 2. The van der Waals surface area contributed by atoms with Gasteiger partial charge < -0.3 is 21.1 Å². The SMILES string of the molecule is Cc1cnc2c(c1)NC(=O)[C@@]21[C@H](CC(C)(C)C)N[C@@H](C(=O)Nc2ccc(C(=O)O)cc2)[C@@H]1c1cccc(Cl)c1F. The van der Waals surface area contributed by atoms with Crippen LogP contribution in [0.1, 0.15) is 60.3 Å². The summed E-state index contributed by atoms with van der Waals surface area (Å²) in [5.41, 5.74) is 0.701. The van der Waals surface area contributed by atoms with Crippen LogP contribution in [0.5, 0.6) is 0 Å². The van der Waals surface area contributed by atoms with Crippen molar-refractivity contribution in [2.45, 2.75) is 57.5 Å². The first-order valence-electron chi connectivity index (χ1n) is 13.0. The number of pyridine rings is 1. The molecule has 0 bridgehead atoms. The summed E-state index contributed by atoms with van der Waals surface area (Å²) in [5.74, 6) is -3.67. The molecular formula is C30H30ClFN4O4. The minimum absolute atomic E-state index is 0.0701. The van der Waals surface area contributed by atoms with Crippen LogP contribution < -0.4 is 16.0 Å². The molecule has 0 unspecified atom stereocenters. The van der Waals surface area contributed by atoms with Gasteiger partial charge in [0.15, 0.2) is 0 Å². The maximum absolute atomic E-state index is 15.8. The Morgan fingerprint density at radius 3 is 2.52 bits per heavy atom. The lowest BCUT2D eigenvalue weighted by atomic mass is 9.64. The Bertz CT molecular complexity index is 1520. The van der Waals surface area contributed by atoms with Gasteiger partial charge in [0.05, 0.1) is 28.0 Å². The number of benzene rings is 2. The highest BCUT2D eigenvalue weighted by atomic mass is 35.5. The quantitative estimate of drug-likeness (QED) is 0.335. The lowest BCUT2D eigenvalue weighted by Gasteiger charge is -2.37. The molecule has 208 valence electrons. The highest BCUT2D eigenvalue weighted by molar-refractivity contribution is 6.30. The highest BCUT2D eigenvalue weighted by Crippen LogP contribution is 2.56. The van der Waals surface area contributed by atoms with Crippen LogP contribution in [0, 0.1) is 18.2 Å². The molecule has 2 aliphatic heterocycles. The average Bonchev–Trinajstić information content (AvgIpc) is 3.35. The van der Waals surface area contributed by atoms with Crippen LogP contribution in [0.15, 0.2) is 54.7 Å². The molecule has 1 saturated heterocycles. The molecule has 1 fully saturated rings. The Hall–Kier alpha value is -3.82. The molecule has 1 spiro atoms. The lowest BCUT2D eigenvalue weighted by molar-refractivity contribution is -0.122. The summed E-state index contributed by atoms with van der Waals surface area (Å²) < 4.78 is 15.8. The summed E-state index contributed by atoms with van der Waals surface area (Å²) in [7, 11) is 0. The van der Waals surface area contributed by atoms with Crippen LogP contribution >= 0.6 is 11.6 Å². The number of carbonyl (C=O) groups excluding carboxylic acids is 2. The molecule has 2 amide bonds. The molecule has 40 heavy (non-hydrogen) atoms. The normalized spacial score (nSPS) is 23.6. The van der Waals surface area contributed by atoms with Crippen LogP contribution in [0.3, 0.4) is 0 Å². The van der Waals surface area contributed by atoms with Crippen molar-refractivity contribution in [1.29, 1.82) is 0 Å². The first-order valence-corrected chi connectivity index (χ1v) is 13.3. The van der Waals surface area contributed by atoms with Crippen molar-refractivity contribution in [2.24, 2.45) is 5.41 Å². The van der Waals surface area contributed by atoms with Crippen LogP contribution in [0.2, 0.25) is 5.02 Å². The zero-order valence-electron chi connectivity index (χ0n) is 22.5. The number of nitrogens with one attached hydrogen (secondary N) is 3. The third-order valence-electron chi connectivity index (χ3n) is 7.61. The van der Waals surface area contributed by atoms with Crippen molar-refractivity contribution in [3.05, 3.63) is 88.0 Å². The molecule has 0 aliphatic carbocycles. The average molecular weight is 565 g/mol. The molecular weight excluding hydrogens is 535 g/mol. The summed E-state index contributed by atoms with van der Waals surface area (Å²) in [6, 6.07) is 10.5. The van der Waals surface area contributed by atoms with E-state index in [0.29, 0.717) is 23.5 Å². The topological polar surface area (TPSA) is 120 Å². The third kappa shape index (κ3) is 4.63. The van der Waals surface area contributed by atoms with E-state index in [0.717, 1.165) is 5.56 Å². The Morgan fingerprint density at radius 1 is 1.18 bits per heavy atom. The van der Waals surface area contributed by atoms with E-state index in [9.17, 15) is 19.5 Å². The summed E-state index contributed by atoms with van der Waals surface area (Å²) in [4.78, 5) is 44.0. The number of aromatic carboxylic acids is 1. The van der Waals surface area contributed by atoms with Gasteiger partial charge in [0.2, 0.25) is 11.8 Å². The minimum atomic E-state index is -1.42.